The average Bonchev–Trinajstić information content (AvgIpc) is 3.08. The molecule has 21 heavy (non-hydrogen) atoms. The fraction of sp³-hybridized carbons (Fsp3) is 0.750. The van der Waals surface area contributed by atoms with Crippen molar-refractivity contribution in [1.82, 2.24) is 14.7 Å². The van der Waals surface area contributed by atoms with E-state index in [0.29, 0.717) is 19.0 Å². The molecule has 1 aromatic rings. The highest BCUT2D eigenvalue weighted by Gasteiger charge is 2.46. The lowest BCUT2D eigenvalue weighted by molar-refractivity contribution is -0.150. The summed E-state index contributed by atoms with van der Waals surface area (Å²) in [5.74, 6) is -0.693. The third kappa shape index (κ3) is 2.98. The predicted octanol–water partition coefficient (Wildman–Crippen LogP) is 3.07. The molecule has 0 aliphatic carbocycles. The maximum Gasteiger partial charge on any atom is 0.324 e. The molecule has 2 rings (SSSR count). The molecule has 1 aliphatic heterocycles. The van der Waals surface area contributed by atoms with E-state index < -0.39 is 11.5 Å². The molecule has 0 spiro atoms. The molecule has 1 saturated heterocycles. The Balaban J connectivity index is 2.12. The van der Waals surface area contributed by atoms with Gasteiger partial charge in [0.1, 0.15) is 5.54 Å². The van der Waals surface area contributed by atoms with E-state index in [-0.39, 0.29) is 0 Å². The summed E-state index contributed by atoms with van der Waals surface area (Å²) >= 11 is 0. The Labute approximate surface area is 126 Å². The van der Waals surface area contributed by atoms with Gasteiger partial charge in [0.15, 0.2) is 0 Å². The van der Waals surface area contributed by atoms with Crippen LogP contribution in [0.15, 0.2) is 12.3 Å². The first kappa shape index (κ1) is 16.0. The third-order valence-electron chi connectivity index (χ3n) is 4.94. The number of hydrogen-bond donors (Lipinski definition) is 1. The van der Waals surface area contributed by atoms with Gasteiger partial charge in [-0.1, -0.05) is 20.8 Å². The minimum absolute atomic E-state index is 0.438. The van der Waals surface area contributed by atoms with Crippen molar-refractivity contribution in [3.05, 3.63) is 18.0 Å². The van der Waals surface area contributed by atoms with Gasteiger partial charge >= 0.3 is 5.97 Å². The van der Waals surface area contributed by atoms with Crippen LogP contribution in [0, 0.1) is 0 Å². The first-order valence-corrected chi connectivity index (χ1v) is 8.09. The number of aromatic nitrogens is 2. The van der Waals surface area contributed by atoms with Crippen LogP contribution in [-0.2, 0) is 11.3 Å². The van der Waals surface area contributed by atoms with Gasteiger partial charge < -0.3 is 5.11 Å². The molecule has 118 valence electrons. The van der Waals surface area contributed by atoms with Crippen molar-refractivity contribution in [2.24, 2.45) is 0 Å². The monoisotopic (exact) mass is 293 g/mol. The van der Waals surface area contributed by atoms with E-state index in [9.17, 15) is 9.90 Å². The highest BCUT2D eigenvalue weighted by atomic mass is 16.4. The summed E-state index contributed by atoms with van der Waals surface area (Å²) in [7, 11) is 0. The second-order valence-corrected chi connectivity index (χ2v) is 5.97. The van der Waals surface area contributed by atoms with Crippen LogP contribution in [0.5, 0.6) is 0 Å². The van der Waals surface area contributed by atoms with Crippen LogP contribution in [-0.4, -0.2) is 37.8 Å². The molecule has 0 aromatic carbocycles. The van der Waals surface area contributed by atoms with Crippen molar-refractivity contribution in [3.63, 3.8) is 0 Å². The summed E-state index contributed by atoms with van der Waals surface area (Å²) in [6, 6.07) is 2.46. The van der Waals surface area contributed by atoms with Gasteiger partial charge in [-0.05, 0) is 44.7 Å². The maximum absolute atomic E-state index is 11.7. The van der Waals surface area contributed by atoms with Crippen molar-refractivity contribution >= 4 is 5.97 Å². The summed E-state index contributed by atoms with van der Waals surface area (Å²) < 4.78 is 2.03. The lowest BCUT2D eigenvalue weighted by Gasteiger charge is -2.33. The lowest BCUT2D eigenvalue weighted by Crippen LogP contribution is -2.49. The Morgan fingerprint density at radius 1 is 1.43 bits per heavy atom. The van der Waals surface area contributed by atoms with Crippen LogP contribution < -0.4 is 0 Å². The largest absolute Gasteiger partial charge is 0.480 e. The lowest BCUT2D eigenvalue weighted by atomic mass is 9.93. The zero-order valence-electron chi connectivity index (χ0n) is 13.4. The molecule has 0 radical (unpaired) electrons. The molecular formula is C16H27N3O2. The van der Waals surface area contributed by atoms with E-state index in [1.165, 1.54) is 0 Å². The smallest absolute Gasteiger partial charge is 0.324 e. The van der Waals surface area contributed by atoms with Crippen molar-refractivity contribution in [3.8, 4) is 0 Å². The standard InChI is InChI=1S/C16H27N3O2/c1-4-14(5-2)19-11-8-13(17-19)12-18-10-7-9-16(18,6-3)15(20)21/h8,11,14H,4-7,9-10,12H2,1-3H3,(H,20,21). The van der Waals surface area contributed by atoms with Gasteiger partial charge in [-0.3, -0.25) is 14.4 Å². The first-order chi connectivity index (χ1) is 10.1. The Bertz CT molecular complexity index is 482. The second kappa shape index (κ2) is 6.60. The topological polar surface area (TPSA) is 58.4 Å². The Morgan fingerprint density at radius 2 is 2.14 bits per heavy atom. The van der Waals surface area contributed by atoms with E-state index in [2.05, 4.69) is 23.8 Å². The van der Waals surface area contributed by atoms with Gasteiger partial charge in [-0.15, -0.1) is 0 Å². The van der Waals surface area contributed by atoms with Gasteiger partial charge in [0.2, 0.25) is 0 Å². The van der Waals surface area contributed by atoms with Crippen LogP contribution >= 0.6 is 0 Å². The normalized spacial score (nSPS) is 23.0. The van der Waals surface area contributed by atoms with Crippen LogP contribution in [0.2, 0.25) is 0 Å². The van der Waals surface area contributed by atoms with Crippen LogP contribution in [0.4, 0.5) is 0 Å². The van der Waals surface area contributed by atoms with Gasteiger partial charge in [0.05, 0.1) is 11.7 Å². The quantitative estimate of drug-likeness (QED) is 0.839. The molecule has 5 heteroatoms. The summed E-state index contributed by atoms with van der Waals surface area (Å²) in [6.07, 6.45) is 6.50. The number of hydrogen-bond acceptors (Lipinski definition) is 3. The molecular weight excluding hydrogens is 266 g/mol. The van der Waals surface area contributed by atoms with Crippen LogP contribution in [0.1, 0.15) is 64.6 Å². The molecule has 5 nitrogen and oxygen atoms in total. The molecule has 0 amide bonds. The molecule has 1 N–H and O–H groups in total. The first-order valence-electron chi connectivity index (χ1n) is 8.09. The fourth-order valence-electron chi connectivity index (χ4n) is 3.48. The number of nitrogens with zero attached hydrogens (tertiary/aromatic N) is 3. The Hall–Kier alpha value is -1.36. The van der Waals surface area contributed by atoms with E-state index in [4.69, 9.17) is 0 Å². The molecule has 1 atom stereocenters. The minimum atomic E-state index is -0.696. The molecule has 1 fully saturated rings. The van der Waals surface area contributed by atoms with E-state index in [1.54, 1.807) is 0 Å². The molecule has 2 heterocycles. The maximum atomic E-state index is 11.7. The highest BCUT2D eigenvalue weighted by molar-refractivity contribution is 5.79. The van der Waals surface area contributed by atoms with Crippen molar-refractivity contribution in [1.29, 1.82) is 0 Å². The highest BCUT2D eigenvalue weighted by Crippen LogP contribution is 2.34. The summed E-state index contributed by atoms with van der Waals surface area (Å²) in [6.45, 7) is 7.78. The molecule has 1 aliphatic rings. The summed E-state index contributed by atoms with van der Waals surface area (Å²) in [4.78, 5) is 13.8. The van der Waals surface area contributed by atoms with Crippen molar-refractivity contribution in [2.45, 2.75) is 71.0 Å². The van der Waals surface area contributed by atoms with Crippen LogP contribution in [0.25, 0.3) is 0 Å². The fourth-order valence-corrected chi connectivity index (χ4v) is 3.48. The number of carboxylic acid groups (broad SMARTS) is 1. The number of rotatable bonds is 7. The Kier molecular flexibility index (Phi) is 5.04. The molecule has 0 saturated carbocycles. The number of aliphatic carboxylic acids is 1. The van der Waals surface area contributed by atoms with E-state index in [1.807, 2.05) is 23.9 Å². The van der Waals surface area contributed by atoms with Crippen LogP contribution in [0.3, 0.4) is 0 Å². The predicted molar refractivity (Wildman–Crippen MR) is 82.1 cm³/mol. The number of likely N-dealkylation sites (tertiary alicyclic amines) is 1. The number of carboxylic acids is 1. The SMILES string of the molecule is CCC(CC)n1ccc(CN2CCCC2(CC)C(=O)O)n1. The van der Waals surface area contributed by atoms with E-state index in [0.717, 1.165) is 37.9 Å². The Morgan fingerprint density at radius 3 is 2.71 bits per heavy atom. The summed E-state index contributed by atoms with van der Waals surface area (Å²) in [5, 5.41) is 14.3. The van der Waals surface area contributed by atoms with Crippen molar-refractivity contribution < 1.29 is 9.90 Å². The van der Waals surface area contributed by atoms with Crippen molar-refractivity contribution in [2.75, 3.05) is 6.54 Å². The molecule has 1 unspecified atom stereocenters. The van der Waals surface area contributed by atoms with Gasteiger partial charge in [-0.25, -0.2) is 0 Å². The van der Waals surface area contributed by atoms with Gasteiger partial charge in [0.25, 0.3) is 0 Å². The van der Waals surface area contributed by atoms with Gasteiger partial charge in [-0.2, -0.15) is 5.10 Å². The average molecular weight is 293 g/mol. The zero-order valence-corrected chi connectivity index (χ0v) is 13.4. The number of carbonyl (C=O) groups is 1. The van der Waals surface area contributed by atoms with E-state index >= 15 is 0 Å². The molecule has 1 aromatic heterocycles. The molecule has 0 bridgehead atoms. The zero-order chi connectivity index (χ0) is 15.5. The second-order valence-electron chi connectivity index (χ2n) is 5.97. The van der Waals surface area contributed by atoms with Gasteiger partial charge in [0, 0.05) is 12.7 Å². The third-order valence-corrected chi connectivity index (χ3v) is 4.94. The summed E-state index contributed by atoms with van der Waals surface area (Å²) in [5.41, 5.74) is 0.279. The minimum Gasteiger partial charge on any atom is -0.480 e.